The summed E-state index contributed by atoms with van der Waals surface area (Å²) < 4.78 is 37.8. The molecule has 1 aromatic heterocycles. The molecule has 112 valence electrons. The molecule has 0 aliphatic carbocycles. The number of hydrogen-bond donors (Lipinski definition) is 1. The highest BCUT2D eigenvalue weighted by Gasteiger charge is 2.34. The highest BCUT2D eigenvalue weighted by atomic mass is 79.9. The molecule has 1 aromatic rings. The van der Waals surface area contributed by atoms with Gasteiger partial charge in [-0.2, -0.15) is 13.2 Å². The number of hydrogen-bond acceptors (Lipinski definition) is 3. The van der Waals surface area contributed by atoms with Crippen LogP contribution in [0.15, 0.2) is 16.7 Å². The van der Waals surface area contributed by atoms with Crippen molar-refractivity contribution in [2.75, 3.05) is 31.5 Å². The summed E-state index contributed by atoms with van der Waals surface area (Å²) in [5, 5.41) is 3.20. The summed E-state index contributed by atoms with van der Waals surface area (Å²) in [6.45, 7) is 2.82. The van der Waals surface area contributed by atoms with Crippen molar-refractivity contribution in [1.82, 2.24) is 9.88 Å². The summed E-state index contributed by atoms with van der Waals surface area (Å²) in [6, 6.07) is 1.92. The minimum absolute atomic E-state index is 0.239. The number of alkyl halides is 3. The van der Waals surface area contributed by atoms with Crippen molar-refractivity contribution in [3.63, 3.8) is 0 Å². The van der Waals surface area contributed by atoms with Crippen LogP contribution in [0.1, 0.15) is 12.0 Å². The maximum Gasteiger partial charge on any atom is 0.401 e. The average Bonchev–Trinajstić information content (AvgIpc) is 2.76. The van der Waals surface area contributed by atoms with E-state index >= 15 is 0 Å². The van der Waals surface area contributed by atoms with Gasteiger partial charge >= 0.3 is 6.18 Å². The van der Waals surface area contributed by atoms with E-state index in [2.05, 4.69) is 26.2 Å². The Morgan fingerprint density at radius 1 is 1.50 bits per heavy atom. The molecule has 1 aliphatic heterocycles. The Labute approximate surface area is 124 Å². The van der Waals surface area contributed by atoms with Crippen molar-refractivity contribution in [3.05, 3.63) is 22.3 Å². The summed E-state index contributed by atoms with van der Waals surface area (Å²) in [7, 11) is 0. The Morgan fingerprint density at radius 2 is 2.25 bits per heavy atom. The molecule has 7 heteroatoms. The fourth-order valence-corrected chi connectivity index (χ4v) is 2.58. The molecule has 0 saturated carbocycles. The summed E-state index contributed by atoms with van der Waals surface area (Å²) in [6.07, 6.45) is -1.59. The molecule has 1 saturated heterocycles. The highest BCUT2D eigenvalue weighted by molar-refractivity contribution is 9.10. The minimum Gasteiger partial charge on any atom is -0.370 e. The van der Waals surface area contributed by atoms with E-state index in [1.165, 1.54) is 4.90 Å². The predicted octanol–water partition coefficient (Wildman–Crippen LogP) is 3.45. The lowest BCUT2D eigenvalue weighted by Gasteiger charge is -2.18. The van der Waals surface area contributed by atoms with Gasteiger partial charge in [-0.05, 0) is 53.4 Å². The maximum atomic E-state index is 12.3. The number of likely N-dealkylation sites (tertiary alicyclic amines) is 1. The Hall–Kier alpha value is -0.820. The van der Waals surface area contributed by atoms with Crippen molar-refractivity contribution >= 4 is 21.7 Å². The largest absolute Gasteiger partial charge is 0.401 e. The number of aryl methyl sites for hydroxylation is 1. The van der Waals surface area contributed by atoms with Crippen LogP contribution < -0.4 is 5.32 Å². The van der Waals surface area contributed by atoms with Crippen LogP contribution in [0.25, 0.3) is 0 Å². The third-order valence-corrected chi connectivity index (χ3v) is 4.22. The van der Waals surface area contributed by atoms with Crippen molar-refractivity contribution in [3.8, 4) is 0 Å². The number of aromatic nitrogens is 1. The number of rotatable bonds is 4. The summed E-state index contributed by atoms with van der Waals surface area (Å²) in [5.74, 6) is 1.00. The molecule has 2 heterocycles. The molecule has 3 nitrogen and oxygen atoms in total. The summed E-state index contributed by atoms with van der Waals surface area (Å²) >= 11 is 3.38. The van der Waals surface area contributed by atoms with E-state index < -0.39 is 12.7 Å². The molecule has 1 N–H and O–H groups in total. The predicted molar refractivity (Wildman–Crippen MR) is 75.8 cm³/mol. The quantitative estimate of drug-likeness (QED) is 0.900. The van der Waals surface area contributed by atoms with Gasteiger partial charge in [0.15, 0.2) is 0 Å². The summed E-state index contributed by atoms with van der Waals surface area (Å²) in [4.78, 5) is 5.69. The number of nitrogens with one attached hydrogen (secondary N) is 1. The molecule has 1 aliphatic rings. The lowest BCUT2D eigenvalue weighted by atomic mass is 10.1. The Bertz CT molecular complexity index is 465. The molecule has 0 aromatic carbocycles. The molecular formula is C13H17BrF3N3. The van der Waals surface area contributed by atoms with Crippen LogP contribution >= 0.6 is 15.9 Å². The van der Waals surface area contributed by atoms with Gasteiger partial charge in [0, 0.05) is 23.8 Å². The third-order valence-electron chi connectivity index (χ3n) is 3.39. The SMILES string of the molecule is Cc1cc(NCC2CCN(CC(F)(F)F)C2)ncc1Br. The van der Waals surface area contributed by atoms with Crippen molar-refractivity contribution in [1.29, 1.82) is 0 Å². The van der Waals surface area contributed by atoms with Crippen molar-refractivity contribution in [2.24, 2.45) is 5.92 Å². The van der Waals surface area contributed by atoms with E-state index in [1.54, 1.807) is 6.20 Å². The van der Waals surface area contributed by atoms with Gasteiger partial charge in [0.1, 0.15) is 5.82 Å². The van der Waals surface area contributed by atoms with Crippen molar-refractivity contribution in [2.45, 2.75) is 19.5 Å². The van der Waals surface area contributed by atoms with Crippen LogP contribution in [-0.4, -0.2) is 42.2 Å². The van der Waals surface area contributed by atoms with Crippen LogP contribution in [0.5, 0.6) is 0 Å². The minimum atomic E-state index is -4.10. The molecule has 0 amide bonds. The first kappa shape index (κ1) is 15.6. The van der Waals surface area contributed by atoms with Crippen LogP contribution in [0, 0.1) is 12.8 Å². The van der Waals surface area contributed by atoms with E-state index in [9.17, 15) is 13.2 Å². The molecule has 0 spiro atoms. The van der Waals surface area contributed by atoms with Crippen LogP contribution in [-0.2, 0) is 0 Å². The van der Waals surface area contributed by atoms with Gasteiger partial charge in [0.05, 0.1) is 6.54 Å². The van der Waals surface area contributed by atoms with Crippen LogP contribution in [0.4, 0.5) is 19.0 Å². The zero-order valence-electron chi connectivity index (χ0n) is 11.2. The van der Waals surface area contributed by atoms with Gasteiger partial charge in [-0.1, -0.05) is 0 Å². The van der Waals surface area contributed by atoms with Crippen LogP contribution in [0.3, 0.4) is 0 Å². The smallest absolute Gasteiger partial charge is 0.370 e. The number of halogens is 4. The zero-order chi connectivity index (χ0) is 14.8. The first-order chi connectivity index (χ1) is 9.33. The Morgan fingerprint density at radius 3 is 2.90 bits per heavy atom. The monoisotopic (exact) mass is 351 g/mol. The lowest BCUT2D eigenvalue weighted by molar-refractivity contribution is -0.143. The normalized spacial score (nSPS) is 20.4. The molecular weight excluding hydrogens is 335 g/mol. The van der Waals surface area contributed by atoms with Gasteiger partial charge in [-0.25, -0.2) is 4.98 Å². The fraction of sp³-hybridized carbons (Fsp3) is 0.615. The maximum absolute atomic E-state index is 12.3. The van der Waals surface area contributed by atoms with E-state index in [1.807, 2.05) is 13.0 Å². The average molecular weight is 352 g/mol. The first-order valence-electron chi connectivity index (χ1n) is 6.48. The molecule has 1 fully saturated rings. The third kappa shape index (κ3) is 4.63. The van der Waals surface area contributed by atoms with E-state index in [4.69, 9.17) is 0 Å². The number of nitrogens with zero attached hydrogens (tertiary/aromatic N) is 2. The number of anilines is 1. The standard InChI is InChI=1S/C13H17BrF3N3/c1-9-4-12(19-6-11(9)14)18-5-10-2-3-20(7-10)8-13(15,16)17/h4,6,10H,2-3,5,7-8H2,1H3,(H,18,19). The molecule has 20 heavy (non-hydrogen) atoms. The molecule has 0 bridgehead atoms. The van der Waals surface area contributed by atoms with Gasteiger partial charge < -0.3 is 5.32 Å². The molecule has 1 atom stereocenters. The van der Waals surface area contributed by atoms with Gasteiger partial charge in [-0.3, -0.25) is 4.90 Å². The highest BCUT2D eigenvalue weighted by Crippen LogP contribution is 2.23. The first-order valence-corrected chi connectivity index (χ1v) is 7.28. The molecule has 0 radical (unpaired) electrons. The Kier molecular flexibility index (Phi) is 4.90. The second-order valence-electron chi connectivity index (χ2n) is 5.20. The van der Waals surface area contributed by atoms with Crippen molar-refractivity contribution < 1.29 is 13.2 Å². The lowest BCUT2D eigenvalue weighted by Crippen LogP contribution is -2.33. The van der Waals surface area contributed by atoms with E-state index in [0.717, 1.165) is 22.3 Å². The fourth-order valence-electron chi connectivity index (χ4n) is 2.36. The topological polar surface area (TPSA) is 28.2 Å². The van der Waals surface area contributed by atoms with E-state index in [-0.39, 0.29) is 5.92 Å². The van der Waals surface area contributed by atoms with Gasteiger partial charge in [-0.15, -0.1) is 0 Å². The molecule has 2 rings (SSSR count). The molecule has 1 unspecified atom stereocenters. The Balaban J connectivity index is 1.79. The van der Waals surface area contributed by atoms with Crippen LogP contribution in [0.2, 0.25) is 0 Å². The summed E-state index contributed by atoms with van der Waals surface area (Å²) in [5.41, 5.74) is 1.08. The second-order valence-corrected chi connectivity index (χ2v) is 6.06. The van der Waals surface area contributed by atoms with Gasteiger partial charge in [0.25, 0.3) is 0 Å². The second kappa shape index (κ2) is 6.30. The number of pyridine rings is 1. The zero-order valence-corrected chi connectivity index (χ0v) is 12.8. The van der Waals surface area contributed by atoms with E-state index in [0.29, 0.717) is 19.6 Å². The van der Waals surface area contributed by atoms with Gasteiger partial charge in [0.2, 0.25) is 0 Å².